The highest BCUT2D eigenvalue weighted by Crippen LogP contribution is 2.37. The molecule has 2 aromatic carbocycles. The number of carbonyl (C=O) groups excluding carboxylic acids is 1. The summed E-state index contributed by atoms with van der Waals surface area (Å²) in [5, 5.41) is 11.9. The van der Waals surface area contributed by atoms with Gasteiger partial charge in [0.25, 0.3) is 5.91 Å². The highest BCUT2D eigenvalue weighted by molar-refractivity contribution is 5.96. The lowest BCUT2D eigenvalue weighted by molar-refractivity contribution is -0.209. The number of H-pyrrole nitrogens is 1. The second-order valence-corrected chi connectivity index (χ2v) is 8.84. The van der Waals surface area contributed by atoms with Crippen LogP contribution in [0.2, 0.25) is 0 Å². The Hall–Kier alpha value is -3.76. The lowest BCUT2D eigenvalue weighted by atomic mass is 9.86. The Bertz CT molecular complexity index is 1380. The molecule has 1 spiro atoms. The zero-order valence-electron chi connectivity index (χ0n) is 19.0. The Kier molecular flexibility index (Phi) is 5.27. The summed E-state index contributed by atoms with van der Waals surface area (Å²) in [7, 11) is 1.55. The van der Waals surface area contributed by atoms with E-state index in [-0.39, 0.29) is 23.9 Å². The van der Waals surface area contributed by atoms with Gasteiger partial charge >= 0.3 is 0 Å². The zero-order chi connectivity index (χ0) is 24.0. The molecular weight excluding hydrogens is 455 g/mol. The van der Waals surface area contributed by atoms with Crippen molar-refractivity contribution in [2.75, 3.05) is 40.0 Å². The molecule has 2 saturated heterocycles. The second-order valence-electron chi connectivity index (χ2n) is 8.84. The van der Waals surface area contributed by atoms with Crippen molar-refractivity contribution in [3.63, 3.8) is 0 Å². The normalized spacial score (nSPS) is 16.3. The molecule has 9 nitrogen and oxygen atoms in total. The summed E-state index contributed by atoms with van der Waals surface area (Å²) < 4.78 is 36.0. The number of nitrogens with one attached hydrogen (secondary N) is 1. The fraction of sp³-hybridized carbons (Fsp3) is 0.320. The molecule has 35 heavy (non-hydrogen) atoms. The molecule has 4 heterocycles. The van der Waals surface area contributed by atoms with Crippen LogP contribution in [-0.4, -0.2) is 71.8 Å². The Morgan fingerprint density at radius 1 is 1.20 bits per heavy atom. The van der Waals surface area contributed by atoms with E-state index in [4.69, 9.17) is 18.7 Å². The van der Waals surface area contributed by atoms with Crippen LogP contribution in [-0.2, 0) is 9.47 Å². The zero-order valence-corrected chi connectivity index (χ0v) is 19.0. The van der Waals surface area contributed by atoms with Gasteiger partial charge < -0.3 is 23.6 Å². The smallest absolute Gasteiger partial charge is 0.254 e. The van der Waals surface area contributed by atoms with E-state index in [2.05, 4.69) is 15.4 Å². The fourth-order valence-electron chi connectivity index (χ4n) is 4.47. The van der Waals surface area contributed by atoms with Crippen LogP contribution in [0.3, 0.4) is 0 Å². The number of halogens is 1. The van der Waals surface area contributed by atoms with Crippen molar-refractivity contribution in [3.8, 4) is 28.5 Å². The molecule has 2 fully saturated rings. The molecule has 1 amide bonds. The largest absolute Gasteiger partial charge is 0.488 e. The first kappa shape index (κ1) is 21.8. The van der Waals surface area contributed by atoms with E-state index in [9.17, 15) is 9.18 Å². The van der Waals surface area contributed by atoms with Crippen LogP contribution in [0.1, 0.15) is 16.8 Å². The number of nitrogens with zero attached hydrogens (tertiary/aromatic N) is 3. The molecule has 0 bridgehead atoms. The predicted molar refractivity (Wildman–Crippen MR) is 124 cm³/mol. The van der Waals surface area contributed by atoms with Gasteiger partial charge in [0.2, 0.25) is 0 Å². The van der Waals surface area contributed by atoms with E-state index in [0.717, 1.165) is 18.6 Å². The summed E-state index contributed by atoms with van der Waals surface area (Å²) in [6.07, 6.45) is 1.02. The summed E-state index contributed by atoms with van der Waals surface area (Å²) in [4.78, 5) is 14.5. The first-order valence-electron chi connectivity index (χ1n) is 11.4. The molecule has 6 rings (SSSR count). The van der Waals surface area contributed by atoms with E-state index in [1.54, 1.807) is 36.3 Å². The van der Waals surface area contributed by atoms with Gasteiger partial charge in [-0.15, -0.1) is 0 Å². The lowest BCUT2D eigenvalue weighted by Crippen LogP contribution is -2.69. The maximum atomic E-state index is 14.6. The van der Waals surface area contributed by atoms with Crippen LogP contribution in [0.5, 0.6) is 5.75 Å². The minimum atomic E-state index is -0.506. The van der Waals surface area contributed by atoms with Crippen molar-refractivity contribution >= 4 is 16.8 Å². The Morgan fingerprint density at radius 3 is 2.71 bits per heavy atom. The maximum Gasteiger partial charge on any atom is 0.254 e. The van der Waals surface area contributed by atoms with Gasteiger partial charge in [-0.3, -0.25) is 9.89 Å². The van der Waals surface area contributed by atoms with Crippen LogP contribution >= 0.6 is 0 Å². The number of methoxy groups -OCH3 is 1. The molecule has 2 aliphatic rings. The number of benzene rings is 2. The average Bonchev–Trinajstić information content (AvgIpc) is 3.44. The molecule has 0 atom stereocenters. The van der Waals surface area contributed by atoms with Crippen LogP contribution < -0.4 is 4.74 Å². The van der Waals surface area contributed by atoms with Crippen molar-refractivity contribution in [1.29, 1.82) is 0 Å². The van der Waals surface area contributed by atoms with E-state index >= 15 is 0 Å². The molecule has 0 unspecified atom stereocenters. The molecule has 180 valence electrons. The number of likely N-dealkylation sites (tertiary alicyclic amines) is 1. The minimum Gasteiger partial charge on any atom is -0.488 e. The number of amides is 1. The standard InChI is InChI=1S/C25H23FN4O5/c1-32-8-9-33-21-12-20-17(10-18(21)26)23(28-27-20)22-11-19(29-35-22)15-2-4-16(5-3-15)24(31)30-13-25(14-30)6-7-34-25/h2-5,10-12H,6-9,13-14H2,1H3,(H,27,28). The number of hydrogen-bond donors (Lipinski definition) is 1. The predicted octanol–water partition coefficient (Wildman–Crippen LogP) is 3.66. The molecule has 4 aromatic rings. The molecule has 0 saturated carbocycles. The molecule has 10 heteroatoms. The van der Waals surface area contributed by atoms with Crippen molar-refractivity contribution in [1.82, 2.24) is 20.3 Å². The van der Waals surface area contributed by atoms with Gasteiger partial charge in [0.05, 0.1) is 31.8 Å². The van der Waals surface area contributed by atoms with Crippen LogP contribution in [0, 0.1) is 5.82 Å². The number of hydrogen-bond acceptors (Lipinski definition) is 7. The molecule has 0 radical (unpaired) electrons. The summed E-state index contributed by atoms with van der Waals surface area (Å²) >= 11 is 0. The van der Waals surface area contributed by atoms with E-state index < -0.39 is 5.82 Å². The lowest BCUT2D eigenvalue weighted by Gasteiger charge is -2.55. The molecule has 2 aliphatic heterocycles. The average molecular weight is 478 g/mol. The fourth-order valence-corrected chi connectivity index (χ4v) is 4.47. The van der Waals surface area contributed by atoms with Crippen LogP contribution in [0.25, 0.3) is 33.6 Å². The van der Waals surface area contributed by atoms with Gasteiger partial charge in [-0.1, -0.05) is 17.3 Å². The van der Waals surface area contributed by atoms with Gasteiger partial charge in [0.15, 0.2) is 17.3 Å². The first-order chi connectivity index (χ1) is 17.0. The minimum absolute atomic E-state index is 0.00546. The maximum absolute atomic E-state index is 14.6. The van der Waals surface area contributed by atoms with Crippen LogP contribution in [0.15, 0.2) is 47.0 Å². The third kappa shape index (κ3) is 3.84. The number of carbonyl (C=O) groups is 1. The number of fused-ring (bicyclic) bond motifs is 1. The number of ether oxygens (including phenoxy) is 3. The van der Waals surface area contributed by atoms with Gasteiger partial charge in [0, 0.05) is 42.2 Å². The third-order valence-corrected chi connectivity index (χ3v) is 6.54. The van der Waals surface area contributed by atoms with Gasteiger partial charge in [-0.25, -0.2) is 4.39 Å². The quantitative estimate of drug-likeness (QED) is 0.405. The Labute approximate surface area is 199 Å². The molecule has 2 aromatic heterocycles. The van der Waals surface area contributed by atoms with Gasteiger partial charge in [-0.05, 0) is 18.2 Å². The number of aromatic amines is 1. The SMILES string of the molecule is COCCOc1cc2[nH]nc(-c3cc(-c4ccc(C(=O)N5CC6(CCO6)C5)cc4)no3)c2cc1F. The summed E-state index contributed by atoms with van der Waals surface area (Å²) in [6.45, 7) is 2.68. The number of rotatable bonds is 7. The van der Waals surface area contributed by atoms with Gasteiger partial charge in [0.1, 0.15) is 23.6 Å². The first-order valence-corrected chi connectivity index (χ1v) is 11.4. The number of aromatic nitrogens is 3. The van der Waals surface area contributed by atoms with Crippen molar-refractivity contribution in [3.05, 3.63) is 53.8 Å². The monoisotopic (exact) mass is 478 g/mol. The van der Waals surface area contributed by atoms with E-state index in [1.807, 2.05) is 12.1 Å². The second kappa shape index (κ2) is 8.47. The highest BCUT2D eigenvalue weighted by Gasteiger charge is 2.50. The van der Waals surface area contributed by atoms with Crippen LogP contribution in [0.4, 0.5) is 4.39 Å². The van der Waals surface area contributed by atoms with Gasteiger partial charge in [-0.2, -0.15) is 5.10 Å². The van der Waals surface area contributed by atoms with E-state index in [1.165, 1.54) is 6.07 Å². The van der Waals surface area contributed by atoms with Crippen molar-refractivity contribution in [2.24, 2.45) is 0 Å². The summed E-state index contributed by atoms with van der Waals surface area (Å²) in [5.74, 6) is -0.00108. The molecule has 1 N–H and O–H groups in total. The third-order valence-electron chi connectivity index (χ3n) is 6.54. The topological polar surface area (TPSA) is 103 Å². The Balaban J connectivity index is 1.19. The van der Waals surface area contributed by atoms with E-state index in [0.29, 0.717) is 53.3 Å². The summed E-state index contributed by atoms with van der Waals surface area (Å²) in [5.41, 5.74) is 2.95. The highest BCUT2D eigenvalue weighted by atomic mass is 19.1. The summed E-state index contributed by atoms with van der Waals surface area (Å²) in [6, 6.07) is 11.9. The van der Waals surface area contributed by atoms with Crippen molar-refractivity contribution < 1.29 is 27.9 Å². The molecule has 0 aliphatic carbocycles. The van der Waals surface area contributed by atoms with Crippen molar-refractivity contribution in [2.45, 2.75) is 12.0 Å². The molecular formula is C25H23FN4O5. The Morgan fingerprint density at radius 2 is 2.00 bits per heavy atom.